The van der Waals surface area contributed by atoms with Gasteiger partial charge in [-0.25, -0.2) is 0 Å². The van der Waals surface area contributed by atoms with Crippen LogP contribution < -0.4 is 11.1 Å². The largest absolute Gasteiger partial charge is 0.341 e. The lowest BCUT2D eigenvalue weighted by Gasteiger charge is -2.13. The predicted octanol–water partition coefficient (Wildman–Crippen LogP) is 0.205. The van der Waals surface area contributed by atoms with Crippen LogP contribution in [-0.2, 0) is 4.79 Å². The van der Waals surface area contributed by atoms with Crippen LogP contribution in [0.5, 0.6) is 0 Å². The molecule has 0 aliphatic rings. The van der Waals surface area contributed by atoms with Crippen LogP contribution in [0.1, 0.15) is 13.3 Å². The quantitative estimate of drug-likeness (QED) is 0.624. The highest BCUT2D eigenvalue weighted by atomic mass is 32.2. The second kappa shape index (κ2) is 6.81. The summed E-state index contributed by atoms with van der Waals surface area (Å²) in [5.74, 6) is 3.13. The van der Waals surface area contributed by atoms with E-state index in [0.29, 0.717) is 6.42 Å². The number of hydrogen-bond donors (Lipinski definition) is 2. The van der Waals surface area contributed by atoms with Crippen molar-refractivity contribution in [3.63, 3.8) is 0 Å². The number of carbonyl (C=O) groups excluding carboxylic acids is 1. The zero-order chi connectivity index (χ0) is 10.3. The Morgan fingerprint density at radius 1 is 1.77 bits per heavy atom. The number of terminal acetylenes is 1. The fourth-order valence-electron chi connectivity index (χ4n) is 0.738. The molecule has 1 unspecified atom stereocenters. The molecular formula is C9H16N2OS. The molecule has 0 aromatic heterocycles. The van der Waals surface area contributed by atoms with Crippen LogP contribution >= 0.6 is 11.8 Å². The average molecular weight is 200 g/mol. The average Bonchev–Trinajstić information content (AvgIpc) is 2.13. The topological polar surface area (TPSA) is 55.1 Å². The molecule has 0 aliphatic heterocycles. The Kier molecular flexibility index (Phi) is 6.47. The molecule has 0 aliphatic carbocycles. The van der Waals surface area contributed by atoms with E-state index >= 15 is 0 Å². The van der Waals surface area contributed by atoms with E-state index in [0.717, 1.165) is 5.75 Å². The van der Waals surface area contributed by atoms with E-state index in [1.807, 2.05) is 6.26 Å². The Bertz CT molecular complexity index is 200. The van der Waals surface area contributed by atoms with Crippen molar-refractivity contribution in [3.8, 4) is 12.3 Å². The summed E-state index contributed by atoms with van der Waals surface area (Å²) in [7, 11) is 0. The van der Waals surface area contributed by atoms with Crippen LogP contribution in [0.4, 0.5) is 0 Å². The first kappa shape index (κ1) is 12.3. The third kappa shape index (κ3) is 5.56. The molecule has 4 heteroatoms. The molecule has 0 heterocycles. The smallest absolute Gasteiger partial charge is 0.237 e. The van der Waals surface area contributed by atoms with Gasteiger partial charge in [-0.05, 0) is 25.4 Å². The van der Waals surface area contributed by atoms with Crippen LogP contribution in [0.25, 0.3) is 0 Å². The van der Waals surface area contributed by atoms with E-state index in [-0.39, 0.29) is 11.9 Å². The molecular weight excluding hydrogens is 184 g/mol. The first-order valence-corrected chi connectivity index (χ1v) is 5.52. The summed E-state index contributed by atoms with van der Waals surface area (Å²) in [6.45, 7) is 1.75. The molecule has 1 amide bonds. The summed E-state index contributed by atoms with van der Waals surface area (Å²) in [6.07, 6.45) is 7.78. The van der Waals surface area contributed by atoms with Crippen molar-refractivity contribution in [2.24, 2.45) is 5.73 Å². The highest BCUT2D eigenvalue weighted by Gasteiger charge is 2.13. The fraction of sp³-hybridized carbons (Fsp3) is 0.667. The Labute approximate surface area is 83.8 Å². The van der Waals surface area contributed by atoms with Gasteiger partial charge < -0.3 is 11.1 Å². The van der Waals surface area contributed by atoms with Gasteiger partial charge in [-0.2, -0.15) is 11.8 Å². The minimum atomic E-state index is -0.441. The molecule has 0 aromatic carbocycles. The summed E-state index contributed by atoms with van der Waals surface area (Å²) in [5.41, 5.74) is 5.61. The van der Waals surface area contributed by atoms with E-state index < -0.39 is 6.04 Å². The summed E-state index contributed by atoms with van der Waals surface area (Å²) >= 11 is 1.67. The molecule has 0 saturated heterocycles. The minimum Gasteiger partial charge on any atom is -0.341 e. The first-order chi connectivity index (χ1) is 6.11. The molecule has 0 radical (unpaired) electrons. The zero-order valence-corrected chi connectivity index (χ0v) is 8.86. The molecule has 0 rings (SSSR count). The summed E-state index contributed by atoms with van der Waals surface area (Å²) < 4.78 is 0. The van der Waals surface area contributed by atoms with Gasteiger partial charge in [0.1, 0.15) is 0 Å². The van der Waals surface area contributed by atoms with Crippen molar-refractivity contribution < 1.29 is 4.79 Å². The third-order valence-electron chi connectivity index (χ3n) is 1.58. The van der Waals surface area contributed by atoms with Crippen molar-refractivity contribution in [3.05, 3.63) is 0 Å². The Morgan fingerprint density at radius 2 is 2.38 bits per heavy atom. The lowest BCUT2D eigenvalue weighted by Crippen LogP contribution is -2.44. The Balaban J connectivity index is 3.77. The molecule has 2 atom stereocenters. The van der Waals surface area contributed by atoms with Crippen molar-refractivity contribution in [1.29, 1.82) is 0 Å². The van der Waals surface area contributed by atoms with Gasteiger partial charge in [0.2, 0.25) is 5.91 Å². The van der Waals surface area contributed by atoms with E-state index in [1.54, 1.807) is 18.7 Å². The summed E-state index contributed by atoms with van der Waals surface area (Å²) in [6, 6.07) is -0.684. The summed E-state index contributed by atoms with van der Waals surface area (Å²) in [5, 5.41) is 2.63. The monoisotopic (exact) mass is 200 g/mol. The first-order valence-electron chi connectivity index (χ1n) is 4.12. The van der Waals surface area contributed by atoms with Gasteiger partial charge in [-0.3, -0.25) is 4.79 Å². The predicted molar refractivity (Wildman–Crippen MR) is 57.4 cm³/mol. The van der Waals surface area contributed by atoms with Crippen molar-refractivity contribution in [1.82, 2.24) is 5.32 Å². The van der Waals surface area contributed by atoms with Gasteiger partial charge in [0.25, 0.3) is 0 Å². The number of nitrogens with two attached hydrogens (primary N) is 1. The van der Waals surface area contributed by atoms with Crippen LogP contribution in [0.15, 0.2) is 0 Å². The van der Waals surface area contributed by atoms with Crippen molar-refractivity contribution in [2.75, 3.05) is 12.0 Å². The number of hydrogen-bond acceptors (Lipinski definition) is 3. The molecule has 74 valence electrons. The van der Waals surface area contributed by atoms with Gasteiger partial charge in [-0.1, -0.05) is 5.92 Å². The zero-order valence-electron chi connectivity index (χ0n) is 8.04. The maximum absolute atomic E-state index is 11.3. The van der Waals surface area contributed by atoms with Crippen molar-refractivity contribution in [2.45, 2.75) is 25.4 Å². The molecule has 0 fully saturated rings. The highest BCUT2D eigenvalue weighted by Crippen LogP contribution is 1.98. The maximum Gasteiger partial charge on any atom is 0.237 e. The lowest BCUT2D eigenvalue weighted by molar-refractivity contribution is -0.122. The highest BCUT2D eigenvalue weighted by molar-refractivity contribution is 7.98. The molecule has 3 nitrogen and oxygen atoms in total. The number of nitrogens with one attached hydrogen (secondary N) is 1. The van der Waals surface area contributed by atoms with Gasteiger partial charge in [0.15, 0.2) is 0 Å². The van der Waals surface area contributed by atoms with E-state index in [2.05, 4.69) is 11.2 Å². The van der Waals surface area contributed by atoms with Gasteiger partial charge >= 0.3 is 0 Å². The minimum absolute atomic E-state index is 0.167. The van der Waals surface area contributed by atoms with E-state index in [1.165, 1.54) is 0 Å². The second-order valence-corrected chi connectivity index (χ2v) is 3.77. The fourth-order valence-corrected chi connectivity index (χ4v) is 1.23. The SMILES string of the molecule is C#CC(C)NC(=O)[C@H](N)CCSC. The van der Waals surface area contributed by atoms with Gasteiger partial charge in [0.05, 0.1) is 12.1 Å². The van der Waals surface area contributed by atoms with E-state index in [9.17, 15) is 4.79 Å². The van der Waals surface area contributed by atoms with Gasteiger partial charge in [-0.15, -0.1) is 6.42 Å². The number of thioether (sulfide) groups is 1. The Morgan fingerprint density at radius 3 is 2.85 bits per heavy atom. The van der Waals surface area contributed by atoms with Crippen LogP contribution in [-0.4, -0.2) is 30.0 Å². The molecule has 13 heavy (non-hydrogen) atoms. The van der Waals surface area contributed by atoms with Crippen molar-refractivity contribution >= 4 is 17.7 Å². The van der Waals surface area contributed by atoms with E-state index in [4.69, 9.17) is 12.2 Å². The van der Waals surface area contributed by atoms with Crippen LogP contribution in [0.2, 0.25) is 0 Å². The maximum atomic E-state index is 11.3. The second-order valence-electron chi connectivity index (χ2n) is 2.78. The molecule has 0 spiro atoms. The Hall–Kier alpha value is -0.660. The van der Waals surface area contributed by atoms with Gasteiger partial charge in [0, 0.05) is 0 Å². The molecule has 0 aromatic rings. The van der Waals surface area contributed by atoms with Crippen LogP contribution in [0.3, 0.4) is 0 Å². The number of rotatable bonds is 5. The number of amides is 1. The lowest BCUT2D eigenvalue weighted by atomic mass is 10.2. The molecule has 3 N–H and O–H groups in total. The normalized spacial score (nSPS) is 14.3. The number of carbonyl (C=O) groups is 1. The standard InChI is InChI=1S/C9H16N2OS/c1-4-7(2)11-9(12)8(10)5-6-13-3/h1,7-8H,5-6,10H2,2-3H3,(H,11,12)/t7?,8-/m1/s1. The van der Waals surface area contributed by atoms with Crippen LogP contribution in [0, 0.1) is 12.3 Å². The molecule has 0 saturated carbocycles. The molecule has 0 bridgehead atoms. The third-order valence-corrected chi connectivity index (χ3v) is 2.22. The summed E-state index contributed by atoms with van der Waals surface area (Å²) in [4.78, 5) is 11.3.